The van der Waals surface area contributed by atoms with Gasteiger partial charge in [0.15, 0.2) is 11.5 Å². The van der Waals surface area contributed by atoms with Crippen molar-refractivity contribution in [2.75, 3.05) is 7.11 Å². The Morgan fingerprint density at radius 3 is 2.43 bits per heavy atom. The average Bonchev–Trinajstić information content (AvgIpc) is 3.33. The third-order valence-electron chi connectivity index (χ3n) is 4.50. The average molecular weight is 289 g/mol. The minimum absolute atomic E-state index is 0.355. The molecule has 0 aromatic heterocycles. The van der Waals surface area contributed by atoms with Gasteiger partial charge in [0, 0.05) is 12.6 Å². The number of nitrogens with one attached hydrogen (secondary N) is 1. The number of benzene rings is 1. The Kier molecular flexibility index (Phi) is 5.02. The van der Waals surface area contributed by atoms with E-state index in [9.17, 15) is 0 Å². The van der Waals surface area contributed by atoms with Crippen LogP contribution >= 0.6 is 0 Å². The first-order chi connectivity index (χ1) is 10.3. The van der Waals surface area contributed by atoms with Gasteiger partial charge < -0.3 is 14.8 Å². The molecule has 3 heteroatoms. The van der Waals surface area contributed by atoms with Crippen molar-refractivity contribution >= 4 is 0 Å². The largest absolute Gasteiger partial charge is 0.493 e. The van der Waals surface area contributed by atoms with E-state index >= 15 is 0 Å². The van der Waals surface area contributed by atoms with Crippen LogP contribution in [-0.2, 0) is 6.54 Å². The van der Waals surface area contributed by atoms with Crippen LogP contribution in [0.1, 0.15) is 56.9 Å². The van der Waals surface area contributed by atoms with E-state index in [0.717, 1.165) is 24.1 Å². The lowest BCUT2D eigenvalue weighted by atomic mass is 10.1. The molecule has 3 nitrogen and oxygen atoms in total. The Hall–Kier alpha value is -1.22. The molecule has 0 aliphatic heterocycles. The molecule has 2 saturated carbocycles. The minimum atomic E-state index is 0.355. The third kappa shape index (κ3) is 4.37. The highest BCUT2D eigenvalue weighted by Gasteiger charge is 2.20. The predicted molar refractivity (Wildman–Crippen MR) is 85.0 cm³/mol. The van der Waals surface area contributed by atoms with E-state index in [4.69, 9.17) is 9.47 Å². The molecule has 0 atom stereocenters. The molecule has 0 spiro atoms. The van der Waals surface area contributed by atoms with Gasteiger partial charge in [0.1, 0.15) is 0 Å². The molecule has 2 aliphatic rings. The molecule has 21 heavy (non-hydrogen) atoms. The van der Waals surface area contributed by atoms with E-state index in [1.165, 1.54) is 56.9 Å². The van der Waals surface area contributed by atoms with E-state index < -0.39 is 0 Å². The lowest BCUT2D eigenvalue weighted by Crippen LogP contribution is -2.17. The third-order valence-corrected chi connectivity index (χ3v) is 4.50. The van der Waals surface area contributed by atoms with Gasteiger partial charge in [0.05, 0.1) is 13.2 Å². The fraction of sp³-hybridized carbons (Fsp3) is 0.667. The number of hydrogen-bond acceptors (Lipinski definition) is 3. The van der Waals surface area contributed by atoms with Crippen molar-refractivity contribution in [1.29, 1.82) is 0 Å². The maximum atomic E-state index is 6.27. The summed E-state index contributed by atoms with van der Waals surface area (Å²) in [6, 6.07) is 7.06. The molecule has 0 amide bonds. The van der Waals surface area contributed by atoms with Crippen molar-refractivity contribution in [3.63, 3.8) is 0 Å². The fourth-order valence-corrected chi connectivity index (χ4v) is 3.01. The summed E-state index contributed by atoms with van der Waals surface area (Å²) in [5.74, 6) is 1.77. The maximum absolute atomic E-state index is 6.27. The van der Waals surface area contributed by atoms with E-state index in [-0.39, 0.29) is 0 Å². The fourth-order valence-electron chi connectivity index (χ4n) is 3.01. The second-order valence-corrected chi connectivity index (χ2v) is 6.37. The lowest BCUT2D eigenvalue weighted by Gasteiger charge is -2.19. The van der Waals surface area contributed by atoms with E-state index in [1.807, 2.05) is 6.07 Å². The van der Waals surface area contributed by atoms with Crippen LogP contribution in [-0.4, -0.2) is 19.3 Å². The minimum Gasteiger partial charge on any atom is -0.493 e. The van der Waals surface area contributed by atoms with E-state index in [1.54, 1.807) is 7.11 Å². The van der Waals surface area contributed by atoms with Crippen LogP contribution in [0.2, 0.25) is 0 Å². The first-order valence-corrected chi connectivity index (χ1v) is 8.42. The zero-order valence-electron chi connectivity index (χ0n) is 13.1. The standard InChI is InChI=1S/C18H27NO2/c1-20-17-11-8-14(13-19-15-9-10-15)12-18(17)21-16-6-4-2-3-5-7-16/h8,11-12,15-16,19H,2-7,9-10,13H2,1H3. The van der Waals surface area contributed by atoms with E-state index in [0.29, 0.717) is 6.10 Å². The zero-order valence-corrected chi connectivity index (χ0v) is 13.1. The highest BCUT2D eigenvalue weighted by molar-refractivity contribution is 5.43. The molecular formula is C18H27NO2. The van der Waals surface area contributed by atoms with Crippen molar-refractivity contribution in [1.82, 2.24) is 5.32 Å². The summed E-state index contributed by atoms with van der Waals surface area (Å²) in [6.45, 7) is 0.926. The number of hydrogen-bond donors (Lipinski definition) is 1. The summed E-state index contributed by atoms with van der Waals surface area (Å²) in [5, 5.41) is 3.55. The Bertz CT molecular complexity index is 449. The van der Waals surface area contributed by atoms with Crippen LogP contribution < -0.4 is 14.8 Å². The maximum Gasteiger partial charge on any atom is 0.161 e. The van der Waals surface area contributed by atoms with Crippen LogP contribution in [0.5, 0.6) is 11.5 Å². The summed E-state index contributed by atoms with van der Waals surface area (Å²) < 4.78 is 11.7. The molecule has 1 N–H and O–H groups in total. The quantitative estimate of drug-likeness (QED) is 0.801. The summed E-state index contributed by atoms with van der Waals surface area (Å²) in [5.41, 5.74) is 1.28. The SMILES string of the molecule is COc1ccc(CNC2CC2)cc1OC1CCCCCC1. The monoisotopic (exact) mass is 289 g/mol. The second kappa shape index (κ2) is 7.17. The molecule has 1 aromatic carbocycles. The van der Waals surface area contributed by atoms with Crippen molar-refractivity contribution in [2.24, 2.45) is 0 Å². The van der Waals surface area contributed by atoms with Gasteiger partial charge >= 0.3 is 0 Å². The van der Waals surface area contributed by atoms with Crippen LogP contribution in [0.15, 0.2) is 18.2 Å². The molecule has 0 saturated heterocycles. The zero-order chi connectivity index (χ0) is 14.5. The molecule has 0 heterocycles. The van der Waals surface area contributed by atoms with Gasteiger partial charge in [-0.1, -0.05) is 18.9 Å². The normalized spacial score (nSPS) is 20.0. The van der Waals surface area contributed by atoms with Gasteiger partial charge in [0.25, 0.3) is 0 Å². The molecular weight excluding hydrogens is 262 g/mol. The van der Waals surface area contributed by atoms with Crippen LogP contribution in [0.25, 0.3) is 0 Å². The smallest absolute Gasteiger partial charge is 0.161 e. The molecule has 1 aromatic rings. The predicted octanol–water partition coefficient (Wildman–Crippen LogP) is 4.05. The second-order valence-electron chi connectivity index (χ2n) is 6.37. The Labute approximate surface area is 128 Å². The topological polar surface area (TPSA) is 30.5 Å². The molecule has 0 bridgehead atoms. The van der Waals surface area contributed by atoms with Crippen LogP contribution in [0.4, 0.5) is 0 Å². The van der Waals surface area contributed by atoms with Crippen molar-refractivity contribution in [2.45, 2.75) is 70.1 Å². The summed E-state index contributed by atoms with van der Waals surface area (Å²) >= 11 is 0. The summed E-state index contributed by atoms with van der Waals surface area (Å²) in [6.07, 6.45) is 10.6. The lowest BCUT2D eigenvalue weighted by molar-refractivity contribution is 0.176. The number of ether oxygens (including phenoxy) is 2. The highest BCUT2D eigenvalue weighted by Crippen LogP contribution is 2.32. The van der Waals surface area contributed by atoms with Crippen molar-refractivity contribution < 1.29 is 9.47 Å². The van der Waals surface area contributed by atoms with Crippen molar-refractivity contribution in [3.8, 4) is 11.5 Å². The Balaban J connectivity index is 1.66. The van der Waals surface area contributed by atoms with Gasteiger partial charge in [-0.3, -0.25) is 0 Å². The van der Waals surface area contributed by atoms with Crippen LogP contribution in [0, 0.1) is 0 Å². The Morgan fingerprint density at radius 1 is 1.00 bits per heavy atom. The number of methoxy groups -OCH3 is 1. The van der Waals surface area contributed by atoms with E-state index in [2.05, 4.69) is 17.4 Å². The molecule has 0 unspecified atom stereocenters. The molecule has 2 fully saturated rings. The summed E-state index contributed by atoms with van der Waals surface area (Å²) in [7, 11) is 1.72. The van der Waals surface area contributed by atoms with Gasteiger partial charge in [0.2, 0.25) is 0 Å². The summed E-state index contributed by atoms with van der Waals surface area (Å²) in [4.78, 5) is 0. The molecule has 2 aliphatic carbocycles. The Morgan fingerprint density at radius 2 is 1.76 bits per heavy atom. The van der Waals surface area contributed by atoms with Gasteiger partial charge in [-0.15, -0.1) is 0 Å². The van der Waals surface area contributed by atoms with Gasteiger partial charge in [-0.05, 0) is 56.2 Å². The van der Waals surface area contributed by atoms with Crippen LogP contribution in [0.3, 0.4) is 0 Å². The number of rotatable bonds is 6. The highest BCUT2D eigenvalue weighted by atomic mass is 16.5. The van der Waals surface area contributed by atoms with Gasteiger partial charge in [-0.25, -0.2) is 0 Å². The van der Waals surface area contributed by atoms with Gasteiger partial charge in [-0.2, -0.15) is 0 Å². The first kappa shape index (κ1) is 14.7. The van der Waals surface area contributed by atoms with Crippen molar-refractivity contribution in [3.05, 3.63) is 23.8 Å². The molecule has 3 rings (SSSR count). The molecule has 116 valence electrons. The first-order valence-electron chi connectivity index (χ1n) is 8.42. The molecule has 0 radical (unpaired) electrons.